The fraction of sp³-hybridized carbons (Fsp3) is 0. The van der Waals surface area contributed by atoms with Crippen molar-refractivity contribution < 1.29 is 0 Å². The van der Waals surface area contributed by atoms with E-state index in [1.54, 1.807) is 0 Å². The van der Waals surface area contributed by atoms with Gasteiger partial charge < -0.3 is 0 Å². The molecule has 1 radical (unpaired) electrons. The van der Waals surface area contributed by atoms with E-state index in [9.17, 15) is 0 Å². The van der Waals surface area contributed by atoms with Gasteiger partial charge in [-0.2, -0.15) is 0 Å². The lowest BCUT2D eigenvalue weighted by Gasteiger charge is -2.22. The Morgan fingerprint density at radius 3 is 0.656 bits per heavy atom. The van der Waals surface area contributed by atoms with E-state index in [1.165, 1.54) is 0 Å². The third-order valence-electron chi connectivity index (χ3n) is 4.74. The number of rotatable bonds is 1. The highest BCUT2D eigenvalue weighted by Crippen LogP contribution is 2.64. The van der Waals surface area contributed by atoms with Crippen molar-refractivity contribution in [3.63, 3.8) is 0 Å². The first kappa shape index (κ1) is 26.5. The van der Waals surface area contributed by atoms with E-state index >= 15 is 0 Å². The van der Waals surface area contributed by atoms with Gasteiger partial charge in [-0.1, -0.05) is 151 Å². The molecule has 3 aromatic carbocycles. The van der Waals surface area contributed by atoms with Crippen LogP contribution in [0.3, 0.4) is 0 Å². The minimum absolute atomic E-state index is 0.00749. The third-order valence-corrected chi connectivity index (χ3v) is 10.6. The Bertz CT molecular complexity index is 1260. The molecular formula is C19Cl13. The molecule has 0 N–H and O–H groups in total. The Balaban J connectivity index is 2.31. The van der Waals surface area contributed by atoms with Gasteiger partial charge in [0, 0.05) is 16.7 Å². The van der Waals surface area contributed by atoms with Gasteiger partial charge in [0.05, 0.1) is 71.2 Å². The van der Waals surface area contributed by atoms with Gasteiger partial charge in [-0.15, -0.1) is 0 Å². The van der Waals surface area contributed by atoms with Crippen molar-refractivity contribution in [3.8, 4) is 11.1 Å². The molecular weight excluding hydrogens is 689 g/mol. The number of fused-ring (bicyclic) bond motifs is 3. The Morgan fingerprint density at radius 1 is 0.188 bits per heavy atom. The summed E-state index contributed by atoms with van der Waals surface area (Å²) in [4.78, 5) is 0. The van der Waals surface area contributed by atoms with Gasteiger partial charge in [0.25, 0.3) is 0 Å². The zero-order valence-corrected chi connectivity index (χ0v) is 24.2. The molecule has 0 unspecified atom stereocenters. The van der Waals surface area contributed by atoms with Gasteiger partial charge in [0.2, 0.25) is 0 Å². The fourth-order valence-electron chi connectivity index (χ4n) is 3.40. The molecule has 0 fully saturated rings. The van der Waals surface area contributed by atoms with Crippen molar-refractivity contribution in [1.82, 2.24) is 0 Å². The minimum atomic E-state index is -0.0511. The van der Waals surface area contributed by atoms with Crippen LogP contribution < -0.4 is 0 Å². The van der Waals surface area contributed by atoms with Crippen molar-refractivity contribution in [3.05, 3.63) is 87.9 Å². The molecule has 0 saturated heterocycles. The average molecular weight is 689 g/mol. The normalized spacial score (nSPS) is 13.0. The summed E-state index contributed by atoms with van der Waals surface area (Å²) >= 11 is 83.7. The number of benzene rings is 3. The van der Waals surface area contributed by atoms with Gasteiger partial charge in [0.1, 0.15) is 0 Å². The highest BCUT2D eigenvalue weighted by Gasteiger charge is 2.44. The lowest BCUT2D eigenvalue weighted by Crippen LogP contribution is -2.06. The van der Waals surface area contributed by atoms with Crippen LogP contribution in [0.2, 0.25) is 65.3 Å². The first-order valence-electron chi connectivity index (χ1n) is 7.96. The fourth-order valence-corrected chi connectivity index (χ4v) is 6.81. The average Bonchev–Trinajstić information content (AvgIpc) is 3.12. The summed E-state index contributed by atoms with van der Waals surface area (Å²) in [5.74, 6) is 0.265. The molecule has 0 aromatic heterocycles. The van der Waals surface area contributed by atoms with E-state index in [4.69, 9.17) is 151 Å². The van der Waals surface area contributed by atoms with Crippen LogP contribution >= 0.6 is 151 Å². The molecule has 0 atom stereocenters. The summed E-state index contributed by atoms with van der Waals surface area (Å²) in [5, 5.41) is -0.129. The van der Waals surface area contributed by atoms with Crippen molar-refractivity contribution in [2.24, 2.45) is 0 Å². The van der Waals surface area contributed by atoms with Crippen LogP contribution in [0.25, 0.3) is 11.1 Å². The Morgan fingerprint density at radius 2 is 0.375 bits per heavy atom. The van der Waals surface area contributed by atoms with Crippen molar-refractivity contribution in [2.75, 3.05) is 0 Å². The number of hydrogen-bond donors (Lipinski definition) is 0. The van der Waals surface area contributed by atoms with E-state index in [-0.39, 0.29) is 87.9 Å². The van der Waals surface area contributed by atoms with E-state index in [0.717, 1.165) is 0 Å². The number of hydrogen-bond acceptors (Lipinski definition) is 0. The molecule has 13 heteroatoms. The van der Waals surface area contributed by atoms with Crippen LogP contribution in [-0.4, -0.2) is 0 Å². The standard InChI is InChI=1S/C19Cl13/c20-7-2-1(6-11(24)17(30)19(32)18(31)12(6)25)3-5(4(2)9(22)15(28)13(7)26)10(23)16(29)14(27)8(3)21. The van der Waals surface area contributed by atoms with Gasteiger partial charge >= 0.3 is 0 Å². The second kappa shape index (κ2) is 9.38. The van der Waals surface area contributed by atoms with Crippen LogP contribution in [0.1, 0.15) is 16.7 Å². The van der Waals surface area contributed by atoms with Gasteiger partial charge in [-0.05, 0) is 11.1 Å². The lowest BCUT2D eigenvalue weighted by molar-refractivity contribution is 1.28. The topological polar surface area (TPSA) is 0 Å². The third kappa shape index (κ3) is 3.64. The van der Waals surface area contributed by atoms with Gasteiger partial charge in [-0.25, -0.2) is 0 Å². The van der Waals surface area contributed by atoms with Crippen LogP contribution in [0.5, 0.6) is 0 Å². The molecule has 0 saturated carbocycles. The molecule has 0 heterocycles. The monoisotopic (exact) mass is 683 g/mol. The SMILES string of the molecule is Clc1c(Cl)c(Cl)c([C]2c3c(Cl)c(Cl)c(Cl)c(Cl)c3-c3c(Cl)c(Cl)c(Cl)c(Cl)c32)c(Cl)c1Cl. The number of halogens is 13. The van der Waals surface area contributed by atoms with Crippen molar-refractivity contribution in [1.29, 1.82) is 0 Å². The molecule has 167 valence electrons. The molecule has 0 spiro atoms. The highest BCUT2D eigenvalue weighted by atomic mass is 35.5. The van der Waals surface area contributed by atoms with Crippen LogP contribution in [-0.2, 0) is 0 Å². The van der Waals surface area contributed by atoms with Crippen molar-refractivity contribution in [2.45, 2.75) is 0 Å². The first-order valence-corrected chi connectivity index (χ1v) is 12.9. The first-order chi connectivity index (χ1) is 14.8. The molecule has 0 bridgehead atoms. The minimum Gasteiger partial charge on any atom is -0.0823 e. The molecule has 0 aliphatic heterocycles. The molecule has 32 heavy (non-hydrogen) atoms. The van der Waals surface area contributed by atoms with E-state index in [2.05, 4.69) is 0 Å². The van der Waals surface area contributed by atoms with Crippen molar-refractivity contribution >= 4 is 151 Å². The summed E-state index contributed by atoms with van der Waals surface area (Å²) in [5.41, 5.74) is 1.31. The molecule has 1 aliphatic carbocycles. The second-order valence-corrected chi connectivity index (χ2v) is 11.2. The maximum atomic E-state index is 6.62. The van der Waals surface area contributed by atoms with Gasteiger partial charge in [-0.3, -0.25) is 0 Å². The summed E-state index contributed by atoms with van der Waals surface area (Å²) in [6.07, 6.45) is 0. The lowest BCUT2D eigenvalue weighted by atomic mass is 9.89. The highest BCUT2D eigenvalue weighted by molar-refractivity contribution is 6.58. The van der Waals surface area contributed by atoms with Crippen LogP contribution in [0.4, 0.5) is 0 Å². The van der Waals surface area contributed by atoms with E-state index < -0.39 is 0 Å². The van der Waals surface area contributed by atoms with Crippen LogP contribution in [0, 0.1) is 5.92 Å². The zero-order valence-electron chi connectivity index (χ0n) is 14.4. The predicted molar refractivity (Wildman–Crippen MR) is 144 cm³/mol. The molecule has 0 nitrogen and oxygen atoms in total. The van der Waals surface area contributed by atoms with Crippen LogP contribution in [0.15, 0.2) is 0 Å². The van der Waals surface area contributed by atoms with E-state index in [1.807, 2.05) is 0 Å². The maximum Gasteiger partial charge on any atom is 0.0809 e. The predicted octanol–water partition coefficient (Wildman–Crippen LogP) is 13.2. The largest absolute Gasteiger partial charge is 0.0823 e. The Hall–Kier alpha value is 1.43. The smallest absolute Gasteiger partial charge is 0.0809 e. The second-order valence-electron chi connectivity index (χ2n) is 6.33. The van der Waals surface area contributed by atoms with E-state index in [0.29, 0.717) is 11.1 Å². The molecule has 4 rings (SSSR count). The summed E-state index contributed by atoms with van der Waals surface area (Å²) < 4.78 is 0. The Kier molecular flexibility index (Phi) is 7.77. The molecule has 1 aliphatic rings. The Labute approximate surface area is 247 Å². The molecule has 0 amide bonds. The van der Waals surface area contributed by atoms with Gasteiger partial charge in [0.15, 0.2) is 0 Å². The maximum absolute atomic E-state index is 6.62. The molecule has 3 aromatic rings. The summed E-state index contributed by atoms with van der Waals surface area (Å²) in [6, 6.07) is 0. The zero-order chi connectivity index (χ0) is 24.0. The quantitative estimate of drug-likeness (QED) is 0.138. The summed E-state index contributed by atoms with van der Waals surface area (Å²) in [7, 11) is 0. The summed E-state index contributed by atoms with van der Waals surface area (Å²) in [6.45, 7) is 0.